The van der Waals surface area contributed by atoms with Crippen LogP contribution in [0.2, 0.25) is 5.02 Å². The molecule has 0 spiro atoms. The van der Waals surface area contributed by atoms with E-state index < -0.39 is 77.1 Å². The second-order valence-corrected chi connectivity index (χ2v) is 8.36. The van der Waals surface area contributed by atoms with Gasteiger partial charge in [0.05, 0.1) is 29.0 Å². The van der Waals surface area contributed by atoms with Crippen molar-refractivity contribution in [1.82, 2.24) is 14.9 Å². The van der Waals surface area contributed by atoms with Gasteiger partial charge in [0.25, 0.3) is 5.56 Å². The molecular weight excluding hydrogens is 522 g/mol. The van der Waals surface area contributed by atoms with E-state index >= 15 is 0 Å². The second kappa shape index (κ2) is 11.4. The molecule has 0 bridgehead atoms. The topological polar surface area (TPSA) is 111 Å². The van der Waals surface area contributed by atoms with E-state index in [4.69, 9.17) is 11.6 Å². The number of aliphatic hydroxyl groups is 1. The number of carbonyl (C=O) groups is 2. The van der Waals surface area contributed by atoms with Crippen LogP contribution >= 0.6 is 11.6 Å². The number of rotatable bonds is 10. The van der Waals surface area contributed by atoms with Crippen molar-refractivity contribution in [1.29, 1.82) is 0 Å². The Morgan fingerprint density at radius 1 is 1.19 bits per heavy atom. The van der Waals surface area contributed by atoms with E-state index in [0.29, 0.717) is 5.52 Å². The smallest absolute Gasteiger partial charge is 0.261 e. The van der Waals surface area contributed by atoms with Crippen LogP contribution in [0.25, 0.3) is 10.9 Å². The Hall–Kier alpha value is -3.93. The molecule has 3 aromatic rings. The quantitative estimate of drug-likeness (QED) is 0.227. The highest BCUT2D eigenvalue weighted by molar-refractivity contribution is 6.31. The number of carbonyl (C=O) groups excluding carboxylic acids is 2. The fourth-order valence-corrected chi connectivity index (χ4v) is 3.68. The summed E-state index contributed by atoms with van der Waals surface area (Å²) in [6, 6.07) is 1.75. The molecule has 0 aliphatic heterocycles. The van der Waals surface area contributed by atoms with E-state index in [1.807, 2.05) is 0 Å². The van der Waals surface area contributed by atoms with Gasteiger partial charge in [0.2, 0.25) is 17.5 Å². The Kier molecular flexibility index (Phi) is 8.53. The second-order valence-electron chi connectivity index (χ2n) is 7.93. The monoisotopic (exact) mass is 541 g/mol. The Labute approximate surface area is 212 Å². The van der Waals surface area contributed by atoms with Crippen LogP contribution in [0.3, 0.4) is 0 Å². The summed E-state index contributed by atoms with van der Waals surface area (Å²) in [6.45, 7) is 3.72. The average Bonchev–Trinajstić information content (AvgIpc) is 2.84. The number of fused-ring (bicyclic) bond motifs is 1. The van der Waals surface area contributed by atoms with Crippen molar-refractivity contribution in [3.8, 4) is 5.75 Å². The van der Waals surface area contributed by atoms with Crippen molar-refractivity contribution in [3.63, 3.8) is 0 Å². The number of benzene rings is 2. The Morgan fingerprint density at radius 2 is 1.84 bits per heavy atom. The lowest BCUT2D eigenvalue weighted by Crippen LogP contribution is -2.47. The number of nitrogens with one attached hydrogen (secondary N) is 1. The largest absolute Gasteiger partial charge is 0.513 e. The fraction of sp³-hybridized carbons (Fsp3) is 0.250. The summed E-state index contributed by atoms with van der Waals surface area (Å²) in [7, 11) is 0. The molecule has 1 aromatic heterocycles. The first-order valence-corrected chi connectivity index (χ1v) is 11.1. The fourth-order valence-electron chi connectivity index (χ4n) is 3.51. The molecule has 8 nitrogen and oxygen atoms in total. The van der Waals surface area contributed by atoms with Gasteiger partial charge in [-0.1, -0.05) is 25.1 Å². The maximum absolute atomic E-state index is 13.8. The molecule has 1 amide bonds. The van der Waals surface area contributed by atoms with E-state index in [2.05, 4.69) is 21.6 Å². The van der Waals surface area contributed by atoms with Crippen molar-refractivity contribution in [3.05, 3.63) is 81.6 Å². The minimum absolute atomic E-state index is 0.0272. The number of nitrogens with zero attached hydrogens (tertiary/aromatic N) is 2. The average molecular weight is 542 g/mol. The van der Waals surface area contributed by atoms with Gasteiger partial charge in [-0.2, -0.15) is 8.78 Å². The lowest BCUT2D eigenvalue weighted by molar-refractivity contribution is -0.130. The molecule has 0 aliphatic rings. The van der Waals surface area contributed by atoms with E-state index in [9.17, 15) is 37.1 Å². The van der Waals surface area contributed by atoms with Gasteiger partial charge >= 0.3 is 0 Å². The van der Waals surface area contributed by atoms with Gasteiger partial charge in [-0.3, -0.25) is 19.0 Å². The van der Waals surface area contributed by atoms with Gasteiger partial charge in [0, 0.05) is 17.5 Å². The number of hydrogen-bond donors (Lipinski definition) is 2. The first-order valence-electron chi connectivity index (χ1n) is 10.8. The molecule has 0 aliphatic carbocycles. The molecule has 37 heavy (non-hydrogen) atoms. The molecule has 0 radical (unpaired) electrons. The predicted octanol–water partition coefficient (Wildman–Crippen LogP) is 4.15. The van der Waals surface area contributed by atoms with Crippen LogP contribution < -0.4 is 15.6 Å². The summed E-state index contributed by atoms with van der Waals surface area (Å²) in [4.78, 5) is 42.9. The number of aromatic nitrogens is 2. The highest BCUT2D eigenvalue weighted by Crippen LogP contribution is 2.26. The molecule has 0 saturated carbocycles. The SMILES string of the molecule is C=C(O)C[C@H](NC(=O)[C@H](CC)n1cnc2ccc(Cl)cc2c1=O)C(=O)COc1c(F)c(F)cc(F)c1F. The molecule has 196 valence electrons. The van der Waals surface area contributed by atoms with Crippen LogP contribution in [0.15, 0.2) is 47.7 Å². The van der Waals surface area contributed by atoms with Crippen LogP contribution in [-0.2, 0) is 9.59 Å². The molecule has 2 atom stereocenters. The van der Waals surface area contributed by atoms with E-state index in [1.165, 1.54) is 12.1 Å². The summed E-state index contributed by atoms with van der Waals surface area (Å²) in [6.07, 6.45) is 0.713. The standard InChI is InChI=1S/C24H20ClF4N3O5/c1-3-18(32-10-30-16-5-4-12(25)7-13(16)24(32)36)23(35)31-17(6-11(2)33)19(34)9-37-22-20(28)14(26)8-15(27)21(22)29/h4-5,7-8,10,17-18,33H,2-3,6,9H2,1H3,(H,31,35)/t17-,18-/m0/s1. The molecule has 0 saturated heterocycles. The first kappa shape index (κ1) is 27.7. The lowest BCUT2D eigenvalue weighted by atomic mass is 10.1. The number of halogens is 5. The minimum atomic E-state index is -1.85. The molecular formula is C24H20ClF4N3O5. The Balaban J connectivity index is 1.84. The van der Waals surface area contributed by atoms with Gasteiger partial charge in [-0.15, -0.1) is 0 Å². The number of ketones is 1. The molecule has 13 heteroatoms. The summed E-state index contributed by atoms with van der Waals surface area (Å²) in [5.74, 6) is -11.0. The number of hydrogen-bond acceptors (Lipinski definition) is 6. The van der Waals surface area contributed by atoms with Crippen molar-refractivity contribution in [2.75, 3.05) is 6.61 Å². The van der Waals surface area contributed by atoms with Crippen LogP contribution in [0, 0.1) is 23.3 Å². The van der Waals surface area contributed by atoms with Crippen molar-refractivity contribution in [2.45, 2.75) is 31.8 Å². The molecule has 0 unspecified atom stereocenters. The maximum Gasteiger partial charge on any atom is 0.261 e. The lowest BCUT2D eigenvalue weighted by Gasteiger charge is -2.22. The zero-order chi connectivity index (χ0) is 27.4. The van der Waals surface area contributed by atoms with Crippen LogP contribution in [0.5, 0.6) is 5.75 Å². The van der Waals surface area contributed by atoms with Gasteiger partial charge in [0.1, 0.15) is 12.6 Å². The van der Waals surface area contributed by atoms with Crippen molar-refractivity contribution >= 4 is 34.2 Å². The summed E-state index contributed by atoms with van der Waals surface area (Å²) in [5, 5.41) is 12.4. The van der Waals surface area contributed by atoms with Crippen LogP contribution in [0.4, 0.5) is 17.6 Å². The zero-order valence-electron chi connectivity index (χ0n) is 19.2. The molecule has 1 heterocycles. The first-order chi connectivity index (χ1) is 17.4. The predicted molar refractivity (Wildman–Crippen MR) is 125 cm³/mol. The van der Waals surface area contributed by atoms with Gasteiger partial charge in [-0.25, -0.2) is 13.8 Å². The zero-order valence-corrected chi connectivity index (χ0v) is 20.0. The third-order valence-electron chi connectivity index (χ3n) is 5.35. The van der Waals surface area contributed by atoms with Crippen LogP contribution in [-0.4, -0.2) is 39.0 Å². The number of ether oxygens (including phenoxy) is 1. The minimum Gasteiger partial charge on any atom is -0.513 e. The third kappa shape index (κ3) is 6.08. The van der Waals surface area contributed by atoms with E-state index in [-0.39, 0.29) is 22.9 Å². The third-order valence-corrected chi connectivity index (χ3v) is 5.58. The number of aliphatic hydroxyl groups excluding tert-OH is 1. The summed E-state index contributed by atoms with van der Waals surface area (Å²) >= 11 is 5.96. The molecule has 0 fully saturated rings. The number of Topliss-reactive ketones (excluding diaryl/α,β-unsaturated/α-hetero) is 1. The maximum atomic E-state index is 13.8. The van der Waals surface area contributed by atoms with Gasteiger partial charge < -0.3 is 15.2 Å². The van der Waals surface area contributed by atoms with Gasteiger partial charge in [-0.05, 0) is 24.6 Å². The highest BCUT2D eigenvalue weighted by Gasteiger charge is 2.29. The van der Waals surface area contributed by atoms with Crippen LogP contribution in [0.1, 0.15) is 25.8 Å². The van der Waals surface area contributed by atoms with Gasteiger partial charge in [0.15, 0.2) is 23.2 Å². The Bertz CT molecular complexity index is 1420. The normalized spacial score (nSPS) is 12.7. The van der Waals surface area contributed by atoms with E-state index in [0.717, 1.165) is 10.9 Å². The van der Waals surface area contributed by atoms with Crippen molar-refractivity contribution in [2.24, 2.45) is 0 Å². The van der Waals surface area contributed by atoms with Crippen molar-refractivity contribution < 1.29 is 37.0 Å². The Morgan fingerprint density at radius 3 is 2.43 bits per heavy atom. The number of amides is 1. The molecule has 3 rings (SSSR count). The highest BCUT2D eigenvalue weighted by atomic mass is 35.5. The summed E-state index contributed by atoms with van der Waals surface area (Å²) < 4.78 is 60.2. The summed E-state index contributed by atoms with van der Waals surface area (Å²) in [5.41, 5.74) is -0.234. The molecule has 2 aromatic carbocycles. The molecule has 2 N–H and O–H groups in total. The van der Waals surface area contributed by atoms with E-state index in [1.54, 1.807) is 13.0 Å².